The minimum Gasteiger partial charge on any atom is -0.445 e. The molecule has 0 saturated carbocycles. The maximum atomic E-state index is 12.5. The highest BCUT2D eigenvalue weighted by atomic mass is 16.6. The predicted octanol–water partition coefficient (Wildman–Crippen LogP) is 4.91. The van der Waals surface area contributed by atoms with Crippen LogP contribution in [0.25, 0.3) is 0 Å². The number of ether oxygens (including phenoxy) is 1. The van der Waals surface area contributed by atoms with Crippen molar-refractivity contribution in [2.24, 2.45) is 5.41 Å². The first-order valence-electron chi connectivity index (χ1n) is 8.35. The molecule has 0 aliphatic heterocycles. The van der Waals surface area contributed by atoms with E-state index in [0.29, 0.717) is 6.61 Å². The van der Waals surface area contributed by atoms with Crippen molar-refractivity contribution < 1.29 is 9.53 Å². The largest absolute Gasteiger partial charge is 0.445 e. The Kier molecular flexibility index (Phi) is 6.02. The fourth-order valence-electron chi connectivity index (χ4n) is 2.81. The highest BCUT2D eigenvalue weighted by molar-refractivity contribution is 5.67. The smallest absolute Gasteiger partial charge is 0.410 e. The number of benzene rings is 2. The normalized spacial score (nSPS) is 12.5. The van der Waals surface area contributed by atoms with Crippen LogP contribution in [0, 0.1) is 5.41 Å². The van der Waals surface area contributed by atoms with Gasteiger partial charge in [0.15, 0.2) is 0 Å². The predicted molar refractivity (Wildman–Crippen MR) is 97.8 cm³/mol. The molecule has 1 atom stereocenters. The maximum Gasteiger partial charge on any atom is 0.410 e. The molecule has 0 bridgehead atoms. The number of carbonyl (C=O) groups is 1. The second-order valence-corrected chi connectivity index (χ2v) is 7.22. The number of rotatable bonds is 5. The third kappa shape index (κ3) is 5.12. The molecule has 0 heterocycles. The minimum absolute atomic E-state index is 0.0453. The second-order valence-electron chi connectivity index (χ2n) is 7.22. The van der Waals surface area contributed by atoms with E-state index < -0.39 is 0 Å². The zero-order valence-corrected chi connectivity index (χ0v) is 15.0. The molecular weight excluding hydrogens is 298 g/mol. The summed E-state index contributed by atoms with van der Waals surface area (Å²) in [6.07, 6.45) is 0.524. The lowest BCUT2D eigenvalue weighted by molar-refractivity contribution is 0.0651. The molecule has 2 rings (SSSR count). The molecule has 0 spiro atoms. The zero-order valence-electron chi connectivity index (χ0n) is 15.0. The van der Waals surface area contributed by atoms with Crippen molar-refractivity contribution in [3.05, 3.63) is 71.8 Å². The summed E-state index contributed by atoms with van der Waals surface area (Å²) < 4.78 is 5.49. The summed E-state index contributed by atoms with van der Waals surface area (Å²) in [5, 5.41) is 0. The molecule has 3 nitrogen and oxygen atoms in total. The van der Waals surface area contributed by atoms with Crippen LogP contribution in [0.1, 0.15) is 31.9 Å². The van der Waals surface area contributed by atoms with Crippen molar-refractivity contribution in [3.63, 3.8) is 0 Å². The van der Waals surface area contributed by atoms with Gasteiger partial charge in [0.2, 0.25) is 0 Å². The van der Waals surface area contributed by atoms with Crippen molar-refractivity contribution >= 4 is 6.09 Å². The van der Waals surface area contributed by atoms with Crippen LogP contribution in [0.5, 0.6) is 0 Å². The molecule has 0 aliphatic carbocycles. The average molecular weight is 325 g/mol. The number of amides is 1. The fraction of sp³-hybridized carbons (Fsp3) is 0.381. The van der Waals surface area contributed by atoms with Gasteiger partial charge in [-0.05, 0) is 23.0 Å². The van der Waals surface area contributed by atoms with Gasteiger partial charge >= 0.3 is 6.09 Å². The van der Waals surface area contributed by atoms with E-state index in [1.54, 1.807) is 4.90 Å². The topological polar surface area (TPSA) is 29.5 Å². The summed E-state index contributed by atoms with van der Waals surface area (Å²) in [6.45, 7) is 6.76. The quantitative estimate of drug-likeness (QED) is 0.781. The van der Waals surface area contributed by atoms with E-state index in [1.807, 2.05) is 55.6 Å². The third-order valence-electron chi connectivity index (χ3n) is 4.23. The molecule has 3 heteroatoms. The molecule has 1 unspecified atom stereocenters. The molecule has 1 amide bonds. The van der Waals surface area contributed by atoms with Crippen molar-refractivity contribution in [1.82, 2.24) is 4.90 Å². The van der Waals surface area contributed by atoms with E-state index in [1.165, 1.54) is 5.56 Å². The Morgan fingerprint density at radius 3 is 1.96 bits per heavy atom. The molecule has 0 aromatic heterocycles. The number of hydrogen-bond acceptors (Lipinski definition) is 2. The van der Waals surface area contributed by atoms with Crippen molar-refractivity contribution in [2.75, 3.05) is 7.05 Å². The lowest BCUT2D eigenvalue weighted by atomic mass is 9.82. The Hall–Kier alpha value is -2.29. The summed E-state index contributed by atoms with van der Waals surface area (Å²) >= 11 is 0. The van der Waals surface area contributed by atoms with Gasteiger partial charge in [-0.2, -0.15) is 0 Å². The molecule has 24 heavy (non-hydrogen) atoms. The number of likely N-dealkylation sites (N-methyl/N-ethyl adjacent to an activating group) is 1. The van der Waals surface area contributed by atoms with Crippen LogP contribution >= 0.6 is 0 Å². The molecule has 0 radical (unpaired) electrons. The molecule has 2 aromatic carbocycles. The number of carbonyl (C=O) groups excluding carboxylic acids is 1. The van der Waals surface area contributed by atoms with Crippen LogP contribution in [-0.2, 0) is 17.8 Å². The van der Waals surface area contributed by atoms with E-state index in [0.717, 1.165) is 12.0 Å². The Morgan fingerprint density at radius 2 is 1.46 bits per heavy atom. The van der Waals surface area contributed by atoms with Gasteiger partial charge in [0.05, 0.1) is 0 Å². The van der Waals surface area contributed by atoms with Crippen LogP contribution in [0.3, 0.4) is 0 Å². The van der Waals surface area contributed by atoms with Crippen LogP contribution in [0.2, 0.25) is 0 Å². The Balaban J connectivity index is 2.04. The van der Waals surface area contributed by atoms with E-state index in [4.69, 9.17) is 4.74 Å². The maximum absolute atomic E-state index is 12.5. The van der Waals surface area contributed by atoms with Crippen molar-refractivity contribution in [3.8, 4) is 0 Å². The second kappa shape index (κ2) is 8.00. The monoisotopic (exact) mass is 325 g/mol. The molecule has 0 N–H and O–H groups in total. The molecule has 0 fully saturated rings. The SMILES string of the molecule is CN(C(=O)OCc1ccccc1)C(Cc1ccccc1)C(C)(C)C. The highest BCUT2D eigenvalue weighted by Crippen LogP contribution is 2.27. The Labute approximate surface area is 145 Å². The standard InChI is InChI=1S/C21H27NO2/c1-21(2,3)19(15-17-11-7-5-8-12-17)22(4)20(23)24-16-18-13-9-6-10-14-18/h5-14,19H,15-16H2,1-4H3. The van der Waals surface area contributed by atoms with Gasteiger partial charge in [-0.3, -0.25) is 0 Å². The average Bonchev–Trinajstić information content (AvgIpc) is 2.58. The summed E-state index contributed by atoms with van der Waals surface area (Å²) in [4.78, 5) is 14.2. The van der Waals surface area contributed by atoms with Crippen LogP contribution in [0.4, 0.5) is 4.79 Å². The van der Waals surface area contributed by atoms with Gasteiger partial charge in [0, 0.05) is 13.1 Å². The van der Waals surface area contributed by atoms with Gasteiger partial charge in [0.25, 0.3) is 0 Å². The van der Waals surface area contributed by atoms with E-state index in [9.17, 15) is 4.79 Å². The van der Waals surface area contributed by atoms with E-state index in [2.05, 4.69) is 32.9 Å². The summed E-state index contributed by atoms with van der Waals surface area (Å²) in [5.74, 6) is 0. The first kappa shape index (κ1) is 18.1. The van der Waals surface area contributed by atoms with E-state index >= 15 is 0 Å². The van der Waals surface area contributed by atoms with Gasteiger partial charge < -0.3 is 9.64 Å². The first-order chi connectivity index (χ1) is 11.4. The van der Waals surface area contributed by atoms with Crippen LogP contribution in [-0.4, -0.2) is 24.1 Å². The lowest BCUT2D eigenvalue weighted by Crippen LogP contribution is -2.46. The highest BCUT2D eigenvalue weighted by Gasteiger charge is 2.32. The van der Waals surface area contributed by atoms with Crippen LogP contribution in [0.15, 0.2) is 60.7 Å². The molecule has 0 aliphatic rings. The molecule has 2 aromatic rings. The third-order valence-corrected chi connectivity index (χ3v) is 4.23. The Morgan fingerprint density at radius 1 is 0.958 bits per heavy atom. The van der Waals surface area contributed by atoms with Gasteiger partial charge in [-0.25, -0.2) is 4.79 Å². The molecule has 128 valence electrons. The Bertz CT molecular complexity index is 632. The van der Waals surface area contributed by atoms with Gasteiger partial charge in [-0.1, -0.05) is 81.4 Å². The lowest BCUT2D eigenvalue weighted by Gasteiger charge is -2.37. The van der Waals surface area contributed by atoms with Gasteiger partial charge in [-0.15, -0.1) is 0 Å². The first-order valence-corrected chi connectivity index (χ1v) is 8.35. The minimum atomic E-state index is -0.283. The fourth-order valence-corrected chi connectivity index (χ4v) is 2.81. The molecule has 0 saturated heterocycles. The summed E-state index contributed by atoms with van der Waals surface area (Å²) in [6, 6.07) is 20.1. The number of hydrogen-bond donors (Lipinski definition) is 0. The van der Waals surface area contributed by atoms with Crippen molar-refractivity contribution in [2.45, 2.75) is 39.8 Å². The summed E-state index contributed by atoms with van der Waals surface area (Å²) in [5.41, 5.74) is 2.17. The van der Waals surface area contributed by atoms with E-state index in [-0.39, 0.29) is 17.6 Å². The zero-order chi connectivity index (χ0) is 17.6. The molecular formula is C21H27NO2. The van der Waals surface area contributed by atoms with Gasteiger partial charge in [0.1, 0.15) is 6.61 Å². The number of nitrogens with zero attached hydrogens (tertiary/aromatic N) is 1. The van der Waals surface area contributed by atoms with Crippen molar-refractivity contribution in [1.29, 1.82) is 0 Å². The van der Waals surface area contributed by atoms with Crippen LogP contribution < -0.4 is 0 Å². The summed E-state index contributed by atoms with van der Waals surface area (Å²) in [7, 11) is 1.83.